The van der Waals surface area contributed by atoms with Crippen molar-refractivity contribution in [1.29, 1.82) is 0 Å². The number of benzene rings is 1. The summed E-state index contributed by atoms with van der Waals surface area (Å²) in [6.07, 6.45) is 15.5. The summed E-state index contributed by atoms with van der Waals surface area (Å²) in [6, 6.07) is 5.96. The summed E-state index contributed by atoms with van der Waals surface area (Å²) in [5, 5.41) is 10.1. The van der Waals surface area contributed by atoms with Crippen LogP contribution in [0.3, 0.4) is 0 Å². The number of aryl methyl sites for hydroxylation is 1. The molecule has 3 heteroatoms. The van der Waals surface area contributed by atoms with Gasteiger partial charge in [-0.05, 0) is 50.7 Å². The van der Waals surface area contributed by atoms with Crippen molar-refractivity contribution in [3.05, 3.63) is 66.3 Å². The minimum Gasteiger partial charge on any atom is -0.508 e. The van der Waals surface area contributed by atoms with Gasteiger partial charge in [0, 0.05) is 17.6 Å². The van der Waals surface area contributed by atoms with Crippen LogP contribution in [0.2, 0.25) is 0 Å². The highest BCUT2D eigenvalue weighted by Gasteiger charge is 2.13. The van der Waals surface area contributed by atoms with E-state index in [2.05, 4.69) is 24.8 Å². The van der Waals surface area contributed by atoms with Gasteiger partial charge in [0.05, 0.1) is 6.10 Å². The molecule has 25 heavy (non-hydrogen) atoms. The van der Waals surface area contributed by atoms with E-state index in [4.69, 9.17) is 4.74 Å². The molecule has 1 aliphatic rings. The predicted molar refractivity (Wildman–Crippen MR) is 102 cm³/mol. The van der Waals surface area contributed by atoms with Gasteiger partial charge in [0.2, 0.25) is 0 Å². The van der Waals surface area contributed by atoms with Crippen molar-refractivity contribution in [2.24, 2.45) is 0 Å². The van der Waals surface area contributed by atoms with Crippen LogP contribution in [-0.4, -0.2) is 17.2 Å². The van der Waals surface area contributed by atoms with Gasteiger partial charge < -0.3 is 9.84 Å². The average molecular weight is 340 g/mol. The molecule has 1 aromatic rings. The highest BCUT2D eigenvalue weighted by molar-refractivity contribution is 5.81. The number of carbonyl (C=O) groups excluding carboxylic acids is 1. The quantitative estimate of drug-likeness (QED) is 0.381. The van der Waals surface area contributed by atoms with Gasteiger partial charge in [-0.25, -0.2) is 4.79 Å². The predicted octanol–water partition coefficient (Wildman–Crippen LogP) is 5.21. The molecule has 0 fully saturated rings. The first-order valence-electron chi connectivity index (χ1n) is 9.08. The molecule has 0 spiro atoms. The second-order valence-electron chi connectivity index (χ2n) is 6.60. The lowest BCUT2D eigenvalue weighted by Crippen LogP contribution is -2.12. The highest BCUT2D eigenvalue weighted by atomic mass is 16.5. The Morgan fingerprint density at radius 2 is 2.20 bits per heavy atom. The third-order valence-electron chi connectivity index (χ3n) is 4.53. The maximum atomic E-state index is 11.1. The Morgan fingerprint density at radius 3 is 2.92 bits per heavy atom. The van der Waals surface area contributed by atoms with E-state index in [-0.39, 0.29) is 18.0 Å². The first kappa shape index (κ1) is 19.0. The molecule has 0 aromatic heterocycles. The topological polar surface area (TPSA) is 46.5 Å². The van der Waals surface area contributed by atoms with Crippen LogP contribution in [0.15, 0.2) is 55.2 Å². The monoisotopic (exact) mass is 340 g/mol. The number of rotatable bonds is 9. The van der Waals surface area contributed by atoms with Crippen LogP contribution in [0, 0.1) is 0 Å². The Labute approximate surface area is 150 Å². The number of phenols is 1. The van der Waals surface area contributed by atoms with Crippen LogP contribution >= 0.6 is 0 Å². The normalized spacial score (nSPS) is 17.2. The Bertz CT molecular complexity index is 643. The third-order valence-corrected chi connectivity index (χ3v) is 4.53. The van der Waals surface area contributed by atoms with Gasteiger partial charge in [-0.3, -0.25) is 0 Å². The van der Waals surface area contributed by atoms with Crippen molar-refractivity contribution in [3.8, 4) is 5.75 Å². The first-order chi connectivity index (χ1) is 12.1. The van der Waals surface area contributed by atoms with Crippen LogP contribution in [-0.2, 0) is 16.0 Å². The number of hydrogen-bond donors (Lipinski definition) is 1. The summed E-state index contributed by atoms with van der Waals surface area (Å²) in [4.78, 5) is 11.1. The van der Waals surface area contributed by atoms with E-state index in [0.29, 0.717) is 5.75 Å². The molecular formula is C22H28O3. The number of esters is 1. The van der Waals surface area contributed by atoms with Crippen LogP contribution in [0.25, 0.3) is 0 Å². The zero-order valence-electron chi connectivity index (χ0n) is 15.0. The lowest BCUT2D eigenvalue weighted by atomic mass is 9.90. The molecule has 1 N–H and O–H groups in total. The van der Waals surface area contributed by atoms with Gasteiger partial charge in [-0.1, -0.05) is 49.4 Å². The largest absolute Gasteiger partial charge is 0.508 e. The minimum absolute atomic E-state index is 0.0584. The van der Waals surface area contributed by atoms with E-state index in [9.17, 15) is 9.90 Å². The van der Waals surface area contributed by atoms with Crippen molar-refractivity contribution >= 4 is 5.97 Å². The van der Waals surface area contributed by atoms with Gasteiger partial charge in [0.25, 0.3) is 0 Å². The molecule has 1 aromatic carbocycles. The van der Waals surface area contributed by atoms with E-state index >= 15 is 0 Å². The average Bonchev–Trinajstić information content (AvgIpc) is 2.63. The smallest absolute Gasteiger partial charge is 0.330 e. The zero-order valence-corrected chi connectivity index (χ0v) is 15.0. The molecule has 0 amide bonds. The Morgan fingerprint density at radius 1 is 1.36 bits per heavy atom. The standard InChI is InChI=1S/C22H28O3/c1-3-22(24)25-17(2)10-6-4-7-11-18-14-15-21(23)20(16-18)19-12-8-5-9-13-19/h3,5,8-9,12,14-17,19,23H,1,4,6-7,10-11,13H2,2H3. The lowest BCUT2D eigenvalue weighted by molar-refractivity contribution is -0.142. The fraction of sp³-hybridized carbons (Fsp3) is 0.409. The molecule has 2 rings (SSSR count). The van der Waals surface area contributed by atoms with Crippen LogP contribution < -0.4 is 0 Å². The SMILES string of the molecule is C=CC(=O)OC(C)CCCCCc1ccc(O)c(C2C=CC=CC2)c1. The molecule has 0 heterocycles. The molecule has 0 saturated heterocycles. The van der Waals surface area contributed by atoms with Gasteiger partial charge >= 0.3 is 5.97 Å². The van der Waals surface area contributed by atoms with Crippen molar-refractivity contribution in [2.45, 2.75) is 57.5 Å². The molecule has 134 valence electrons. The summed E-state index contributed by atoms with van der Waals surface area (Å²) in [6.45, 7) is 5.32. The lowest BCUT2D eigenvalue weighted by Gasteiger charge is -2.16. The first-order valence-corrected chi connectivity index (χ1v) is 9.08. The second kappa shape index (κ2) is 9.87. The zero-order chi connectivity index (χ0) is 18.1. The van der Waals surface area contributed by atoms with Crippen molar-refractivity contribution in [1.82, 2.24) is 0 Å². The summed E-state index contributed by atoms with van der Waals surface area (Å²) in [5.41, 5.74) is 2.28. The fourth-order valence-electron chi connectivity index (χ4n) is 3.11. The Kier molecular flexibility index (Phi) is 7.52. The van der Waals surface area contributed by atoms with Crippen LogP contribution in [0.5, 0.6) is 5.75 Å². The van der Waals surface area contributed by atoms with Gasteiger partial charge in [0.15, 0.2) is 0 Å². The number of hydrogen-bond acceptors (Lipinski definition) is 3. The molecule has 1 aliphatic carbocycles. The minimum atomic E-state index is -0.351. The van der Waals surface area contributed by atoms with E-state index < -0.39 is 0 Å². The molecule has 0 aliphatic heterocycles. The van der Waals surface area contributed by atoms with Gasteiger partial charge in [-0.2, -0.15) is 0 Å². The van der Waals surface area contributed by atoms with Gasteiger partial charge in [-0.15, -0.1) is 0 Å². The summed E-state index contributed by atoms with van der Waals surface area (Å²) in [5.74, 6) is 0.299. The molecule has 0 bridgehead atoms. The van der Waals surface area contributed by atoms with Crippen LogP contribution in [0.1, 0.15) is 56.1 Å². The van der Waals surface area contributed by atoms with Crippen LogP contribution in [0.4, 0.5) is 0 Å². The highest BCUT2D eigenvalue weighted by Crippen LogP contribution is 2.32. The van der Waals surface area contributed by atoms with E-state index in [1.54, 1.807) is 0 Å². The maximum Gasteiger partial charge on any atom is 0.330 e. The summed E-state index contributed by atoms with van der Waals surface area (Å²) in [7, 11) is 0. The summed E-state index contributed by atoms with van der Waals surface area (Å²) < 4.78 is 5.16. The molecule has 2 atom stereocenters. The van der Waals surface area contributed by atoms with Gasteiger partial charge in [0.1, 0.15) is 5.75 Å². The number of phenolic OH excluding ortho intramolecular Hbond substituents is 1. The number of unbranched alkanes of at least 4 members (excludes halogenated alkanes) is 2. The van der Waals surface area contributed by atoms with Crippen molar-refractivity contribution in [2.75, 3.05) is 0 Å². The Hall–Kier alpha value is -2.29. The fourth-order valence-corrected chi connectivity index (χ4v) is 3.11. The number of carbonyl (C=O) groups is 1. The number of ether oxygens (including phenoxy) is 1. The third kappa shape index (κ3) is 6.26. The van der Waals surface area contributed by atoms with Crippen molar-refractivity contribution < 1.29 is 14.6 Å². The molecule has 3 nitrogen and oxygen atoms in total. The van der Waals surface area contributed by atoms with Crippen molar-refractivity contribution in [3.63, 3.8) is 0 Å². The maximum absolute atomic E-state index is 11.1. The molecule has 2 unspecified atom stereocenters. The summed E-state index contributed by atoms with van der Waals surface area (Å²) >= 11 is 0. The van der Waals surface area contributed by atoms with E-state index in [1.807, 2.05) is 31.2 Å². The van der Waals surface area contributed by atoms with E-state index in [0.717, 1.165) is 44.1 Å². The number of aromatic hydroxyl groups is 1. The second-order valence-corrected chi connectivity index (χ2v) is 6.60. The molecule has 0 radical (unpaired) electrons. The molecule has 0 saturated carbocycles. The van der Waals surface area contributed by atoms with E-state index in [1.165, 1.54) is 11.6 Å². The molecular weight excluding hydrogens is 312 g/mol. The Balaban J connectivity index is 1.76. The number of allylic oxidation sites excluding steroid dienone is 4.